The third kappa shape index (κ3) is 15.2. The van der Waals surface area contributed by atoms with Crippen LogP contribution in [0.1, 0.15) is 0 Å². The molecule has 0 spiro atoms. The van der Waals surface area contributed by atoms with E-state index in [0.717, 1.165) is 0 Å². The van der Waals surface area contributed by atoms with Gasteiger partial charge in [0.2, 0.25) is 0 Å². The average molecular weight is 932 g/mol. The Morgan fingerprint density at radius 2 is 0.756 bits per heavy atom. The van der Waals surface area contributed by atoms with E-state index in [0.29, 0.717) is 0 Å². The smallest absolute Gasteiger partial charge is 1.00 e. The van der Waals surface area contributed by atoms with Crippen LogP contribution in [-0.4, -0.2) is 186 Å². The summed E-state index contributed by atoms with van der Waals surface area (Å²) in [7, 11) is 0. The molecule has 0 aromatic carbocycles. The van der Waals surface area contributed by atoms with E-state index in [1.54, 1.807) is 0 Å². The quantitative estimate of drug-likeness (QED) is 0.105. The van der Waals surface area contributed by atoms with Crippen LogP contribution in [0.5, 0.6) is 0 Å². The summed E-state index contributed by atoms with van der Waals surface area (Å²) in [6.45, 7) is 0. The molecule has 2 fully saturated rings. The molecule has 0 bridgehead atoms. The molecule has 29 heteroatoms. The maximum absolute atomic E-state index is 11.9. The van der Waals surface area contributed by atoms with Gasteiger partial charge in [0, 0.05) is 0 Å². The van der Waals surface area contributed by atoms with Crippen molar-refractivity contribution >= 4 is 90.7 Å². The zero-order valence-corrected chi connectivity index (χ0v) is 33.5. The zero-order valence-electron chi connectivity index (χ0n) is 22.1. The van der Waals surface area contributed by atoms with Crippen LogP contribution < -0.4 is 113 Å². The van der Waals surface area contributed by atoms with Gasteiger partial charge in [0.15, 0.2) is 0 Å². The van der Waals surface area contributed by atoms with Crippen molar-refractivity contribution in [3.05, 3.63) is 0 Å². The first-order valence-electron chi connectivity index (χ1n) is 10.1. The monoisotopic (exact) mass is 930 g/mol. The Morgan fingerprint density at radius 1 is 0.556 bits per heavy atom. The predicted molar refractivity (Wildman–Crippen MR) is 110 cm³/mol. The second-order valence-corrected chi connectivity index (χ2v) is 12.8. The maximum atomic E-state index is 11.9. The summed E-state index contributed by atoms with van der Waals surface area (Å²) >= 11 is -9.20. The number of hydrogen-bond donors (Lipinski definition) is 8. The fourth-order valence-electron chi connectivity index (χ4n) is 1.91. The normalized spacial score (nSPS) is 24.4. The van der Waals surface area contributed by atoms with Crippen LogP contribution in [-0.2, 0) is 56.4 Å². The van der Waals surface area contributed by atoms with E-state index in [2.05, 4.69) is 18.1 Å². The molecule has 10 N–H and O–H groups in total. The number of carboxylic acids is 2. The molecule has 2 aliphatic rings. The second-order valence-electron chi connectivity index (χ2n) is 7.11. The van der Waals surface area contributed by atoms with Gasteiger partial charge in [0.05, 0.1) is 11.9 Å². The van der Waals surface area contributed by atoms with E-state index in [4.69, 9.17) is 10.2 Å². The van der Waals surface area contributed by atoms with E-state index in [-0.39, 0.29) is 108 Å². The Labute approximate surface area is 349 Å². The van der Waals surface area contributed by atoms with Crippen molar-refractivity contribution in [2.24, 2.45) is 0 Å². The molecule has 0 aliphatic carbocycles. The van der Waals surface area contributed by atoms with Crippen LogP contribution >= 0.6 is 0 Å². The third-order valence-corrected chi connectivity index (χ3v) is 9.75. The molecule has 2 heterocycles. The summed E-state index contributed by atoms with van der Waals surface area (Å²) in [5, 5.41) is 92.3. The molecule has 0 aromatic rings. The summed E-state index contributed by atoms with van der Waals surface area (Å²) in [4.78, 5) is 88.6. The number of aliphatic hydroxyl groups is 8. The van der Waals surface area contributed by atoms with Crippen molar-refractivity contribution in [3.63, 3.8) is 0 Å². The van der Waals surface area contributed by atoms with Crippen LogP contribution in [0.3, 0.4) is 0 Å². The fraction of sp³-hybridized carbons (Fsp3) is 0.500. The Balaban J connectivity index is -0.00000117. The van der Waals surface area contributed by atoms with Crippen LogP contribution in [0.4, 0.5) is 0 Å². The molecule has 0 radical (unpaired) electrons. The minimum atomic E-state index is -4.60. The van der Waals surface area contributed by atoms with E-state index in [1.165, 1.54) is 0 Å². The fourth-order valence-corrected chi connectivity index (χ4v) is 6.91. The molecule has 0 saturated carbocycles. The Hall–Kier alpha value is 0.309. The number of aliphatic hydroxyl groups excluding tert-OH is 8. The van der Waals surface area contributed by atoms with Crippen LogP contribution in [0.2, 0.25) is 0 Å². The third-order valence-electron chi connectivity index (χ3n) is 4.12. The molecule has 45 heavy (non-hydrogen) atoms. The zero-order chi connectivity index (χ0) is 32.6. The molecule has 2 saturated heterocycles. The summed E-state index contributed by atoms with van der Waals surface area (Å²) < 4.78 is 26.4. The van der Waals surface area contributed by atoms with Crippen molar-refractivity contribution in [2.45, 2.75) is 48.8 Å². The molecule has 0 aromatic heterocycles. The molecule has 2 rings (SSSR count). The molecule has 8 atom stereocenters. The Morgan fingerprint density at radius 3 is 0.933 bits per heavy atom. The number of carbonyl (C=O) groups is 8. The summed E-state index contributed by atoms with van der Waals surface area (Å²) in [6, 6.07) is 0. The van der Waals surface area contributed by atoms with Crippen molar-refractivity contribution in [1.82, 2.24) is 0 Å². The van der Waals surface area contributed by atoms with Gasteiger partial charge in [-0.05, 0) is 0 Å². The molecule has 25 nitrogen and oxygen atoms in total. The first kappa shape index (κ1) is 49.7. The number of aliphatic carboxylic acids is 2. The number of rotatable bonds is 8. The van der Waals surface area contributed by atoms with E-state index >= 15 is 0 Å². The van der Waals surface area contributed by atoms with Gasteiger partial charge in [-0.1, -0.05) is 0 Å². The topological polar surface area (TPSA) is 431 Å². The van der Waals surface area contributed by atoms with E-state index in [1.807, 2.05) is 0 Å². The molecule has 244 valence electrons. The summed E-state index contributed by atoms with van der Waals surface area (Å²) in [5.41, 5.74) is 0. The van der Waals surface area contributed by atoms with Gasteiger partial charge in [-0.15, -0.1) is 0 Å². The number of carbonyl (C=O) groups excluding carboxylic acids is 8. The van der Waals surface area contributed by atoms with Crippen LogP contribution in [0.15, 0.2) is 0 Å². The molecular formula is C16H18K2O25Sb2. The molecule has 0 amide bonds. The first-order valence-corrected chi connectivity index (χ1v) is 16.3. The van der Waals surface area contributed by atoms with Gasteiger partial charge in [-0.2, -0.15) is 0 Å². The standard InChI is InChI=1S/4C4H6O6.2K.H2O.2Sb/c4*5-1(3(7)8)2(6)4(9)10;;;;;/h4*1-2,5-6H,(H,7,8)(H,9,10);;;1H2;;/q;;;;2*+1;;2*+3/p-8. The van der Waals surface area contributed by atoms with Crippen molar-refractivity contribution in [3.8, 4) is 0 Å². The average Bonchev–Trinajstić information content (AvgIpc) is 3.06. The van der Waals surface area contributed by atoms with Gasteiger partial charge in [0.25, 0.3) is 0 Å². The second kappa shape index (κ2) is 22.8. The van der Waals surface area contributed by atoms with Crippen molar-refractivity contribution in [2.75, 3.05) is 0 Å². The minimum Gasteiger partial charge on any atom is 1.00 e. The number of carboxylic acid groups (broad SMARTS) is 2. The van der Waals surface area contributed by atoms with E-state index < -0.39 is 140 Å². The van der Waals surface area contributed by atoms with Crippen molar-refractivity contribution < 1.29 is 216 Å². The van der Waals surface area contributed by atoms with Gasteiger partial charge < -0.3 is 35.5 Å². The van der Waals surface area contributed by atoms with E-state index in [9.17, 15) is 79.2 Å². The van der Waals surface area contributed by atoms with Crippen LogP contribution in [0.25, 0.3) is 0 Å². The van der Waals surface area contributed by atoms with Gasteiger partial charge >= 0.3 is 296 Å². The SMILES string of the molecule is O.O=C([O-])C(O)C(O)C(=O)[O-].O=C1[O][Sb]([O]C(=O)C(O)C(O)C(=O)[O][Sb]2[O]C(=O)C(O)C(O)C(=O)[O]2)[O]C(=O)C(O)C1O.[K+].[K+]. The van der Waals surface area contributed by atoms with Crippen LogP contribution in [0, 0.1) is 0 Å². The molecular weight excluding hydrogens is 914 g/mol. The van der Waals surface area contributed by atoms with Gasteiger partial charge in [0.1, 0.15) is 12.2 Å². The Bertz CT molecular complexity index is 977. The summed E-state index contributed by atoms with van der Waals surface area (Å²) in [5.74, 6) is -14.2. The van der Waals surface area contributed by atoms with Crippen molar-refractivity contribution in [1.29, 1.82) is 0 Å². The first-order chi connectivity index (χ1) is 19.3. The van der Waals surface area contributed by atoms with Gasteiger partial charge in [-0.25, -0.2) is 0 Å². The minimum absolute atomic E-state index is 0. The van der Waals surface area contributed by atoms with Gasteiger partial charge in [-0.3, -0.25) is 0 Å². The maximum Gasteiger partial charge on any atom is 1.00 e. The number of hydrogen-bond acceptors (Lipinski definition) is 24. The summed E-state index contributed by atoms with van der Waals surface area (Å²) in [6.07, 6.45) is -19.7. The largest absolute Gasteiger partial charge is 1.00 e. The molecule has 2 aliphatic heterocycles. The Kier molecular flexibility index (Phi) is 25.2. The predicted octanol–water partition coefficient (Wildman–Crippen LogP) is -19.2. The molecule has 8 unspecified atom stereocenters.